The van der Waals surface area contributed by atoms with E-state index in [1.54, 1.807) is 4.90 Å². The maximum Gasteiger partial charge on any atom is 0.273 e. The highest BCUT2D eigenvalue weighted by molar-refractivity contribution is 6.28. The van der Waals surface area contributed by atoms with Gasteiger partial charge in [0.05, 0.1) is 6.20 Å². The van der Waals surface area contributed by atoms with E-state index >= 15 is 0 Å². The number of nitrogens with two attached hydrogens (primary N) is 1. The summed E-state index contributed by atoms with van der Waals surface area (Å²) in [6, 6.07) is 0.0283. The van der Waals surface area contributed by atoms with Crippen LogP contribution in [0.5, 0.6) is 0 Å². The molecule has 0 aliphatic carbocycles. The predicted octanol–water partition coefficient (Wildman–Crippen LogP) is 1.10. The average Bonchev–Trinajstić information content (AvgIpc) is 2.27. The summed E-state index contributed by atoms with van der Waals surface area (Å²) >= 11 is 5.76. The van der Waals surface area contributed by atoms with Gasteiger partial charge >= 0.3 is 0 Å². The van der Waals surface area contributed by atoms with Crippen LogP contribution < -0.4 is 16.0 Å². The molecule has 0 atom stereocenters. The summed E-state index contributed by atoms with van der Waals surface area (Å²) < 4.78 is 0. The van der Waals surface area contributed by atoms with Gasteiger partial charge in [-0.15, -0.1) is 0 Å². The van der Waals surface area contributed by atoms with E-state index in [0.29, 0.717) is 17.2 Å². The summed E-state index contributed by atoms with van der Waals surface area (Å²) in [5.41, 5.74) is 6.35. The van der Waals surface area contributed by atoms with Gasteiger partial charge in [0, 0.05) is 12.2 Å². The van der Waals surface area contributed by atoms with Crippen LogP contribution in [0.3, 0.4) is 0 Å². The monoisotopic (exact) mass is 253 g/mol. The van der Waals surface area contributed by atoms with Crippen LogP contribution in [0.4, 0.5) is 11.5 Å². The first-order valence-electron chi connectivity index (χ1n) is 5.09. The topological polar surface area (TPSA) is 84.1 Å². The summed E-state index contributed by atoms with van der Waals surface area (Å²) in [6.45, 7) is 3.86. The molecule has 1 amide bonds. The Morgan fingerprint density at radius 1 is 1.59 bits per heavy atom. The number of carbonyl (C=O) groups is 1. The number of nitrogens with one attached hydrogen (secondary N) is 1. The maximum atomic E-state index is 11.8. The van der Waals surface area contributed by atoms with Gasteiger partial charge in [-0.3, -0.25) is 4.79 Å². The Hall–Kier alpha value is -1.82. The number of anilines is 2. The lowest BCUT2D eigenvalue weighted by molar-refractivity contribution is -0.113. The molecule has 1 aliphatic rings. The molecule has 0 radical (unpaired) electrons. The second kappa shape index (κ2) is 4.21. The highest BCUT2D eigenvalue weighted by atomic mass is 35.5. The van der Waals surface area contributed by atoms with Gasteiger partial charge in [-0.2, -0.15) is 4.98 Å². The van der Waals surface area contributed by atoms with Crippen molar-refractivity contribution >= 4 is 29.0 Å². The number of nitrogens with zero attached hydrogens (tertiary/aromatic N) is 3. The fourth-order valence-corrected chi connectivity index (χ4v) is 1.84. The smallest absolute Gasteiger partial charge is 0.273 e. The number of hydrogen-bond donors (Lipinski definition) is 2. The summed E-state index contributed by atoms with van der Waals surface area (Å²) in [5.74, 6) is 0.274. The Balaban J connectivity index is 2.61. The minimum atomic E-state index is -0.278. The average molecular weight is 254 g/mol. The number of carbonyl (C=O) groups excluding carboxylic acids is 1. The zero-order valence-corrected chi connectivity index (χ0v) is 10.2. The predicted molar refractivity (Wildman–Crippen MR) is 65.6 cm³/mol. The van der Waals surface area contributed by atoms with Crippen LogP contribution >= 0.6 is 11.6 Å². The minimum Gasteiger partial charge on any atom is -0.403 e. The molecule has 2 heterocycles. The molecule has 6 nitrogen and oxygen atoms in total. The van der Waals surface area contributed by atoms with Gasteiger partial charge in [0.15, 0.2) is 5.82 Å². The third kappa shape index (κ3) is 1.91. The van der Waals surface area contributed by atoms with E-state index in [1.807, 2.05) is 13.8 Å². The lowest BCUT2D eigenvalue weighted by Gasteiger charge is -2.34. The number of rotatable bonds is 1. The van der Waals surface area contributed by atoms with Gasteiger partial charge in [-0.05, 0) is 25.4 Å². The van der Waals surface area contributed by atoms with Gasteiger partial charge in [-0.1, -0.05) is 0 Å². The summed E-state index contributed by atoms with van der Waals surface area (Å²) in [5, 5.41) is 2.79. The molecule has 1 aromatic heterocycles. The van der Waals surface area contributed by atoms with Gasteiger partial charge < -0.3 is 16.0 Å². The maximum absolute atomic E-state index is 11.8. The molecule has 90 valence electrons. The van der Waals surface area contributed by atoms with E-state index in [1.165, 1.54) is 12.4 Å². The molecule has 0 spiro atoms. The van der Waals surface area contributed by atoms with E-state index in [4.69, 9.17) is 17.3 Å². The normalized spacial score (nSPS) is 17.3. The van der Waals surface area contributed by atoms with Crippen molar-refractivity contribution in [2.24, 2.45) is 5.73 Å². The molecular weight excluding hydrogens is 242 g/mol. The molecule has 2 rings (SSSR count). The number of fused-ring (bicyclic) bond motifs is 1. The lowest BCUT2D eigenvalue weighted by atomic mass is 10.2. The zero-order valence-electron chi connectivity index (χ0n) is 9.44. The second-order valence-electron chi connectivity index (χ2n) is 3.85. The Labute approximate surface area is 103 Å². The van der Waals surface area contributed by atoms with Crippen molar-refractivity contribution in [3.63, 3.8) is 0 Å². The standard InChI is InChI=1S/C10H12ClN5O/c1-5(2)16-7(3-12)9(17)14-6-4-13-10(11)15-8(6)16/h3-5H,12H2,1-2H3,(H,14,17)/b7-3+. The first-order valence-corrected chi connectivity index (χ1v) is 5.47. The van der Waals surface area contributed by atoms with Gasteiger partial charge in [0.1, 0.15) is 11.4 Å². The van der Waals surface area contributed by atoms with E-state index in [0.717, 1.165) is 0 Å². The molecule has 0 aromatic carbocycles. The zero-order chi connectivity index (χ0) is 12.6. The number of aromatic nitrogens is 2. The third-order valence-corrected chi connectivity index (χ3v) is 2.56. The quantitative estimate of drug-likeness (QED) is 0.578. The molecule has 7 heteroatoms. The number of hydrogen-bond acceptors (Lipinski definition) is 5. The summed E-state index contributed by atoms with van der Waals surface area (Å²) in [6.07, 6.45) is 2.74. The molecule has 0 saturated carbocycles. The lowest BCUT2D eigenvalue weighted by Crippen LogP contribution is -2.41. The first-order chi connectivity index (χ1) is 8.04. The summed E-state index contributed by atoms with van der Waals surface area (Å²) in [4.78, 5) is 21.5. The number of amides is 1. The van der Waals surface area contributed by atoms with E-state index in [2.05, 4.69) is 15.3 Å². The summed E-state index contributed by atoms with van der Waals surface area (Å²) in [7, 11) is 0. The van der Waals surface area contributed by atoms with Gasteiger partial charge in [0.25, 0.3) is 5.91 Å². The van der Waals surface area contributed by atoms with Crippen molar-refractivity contribution in [3.8, 4) is 0 Å². The Bertz CT molecular complexity index is 499. The molecule has 1 aromatic rings. The van der Waals surface area contributed by atoms with Crippen molar-refractivity contribution in [1.82, 2.24) is 9.97 Å². The fraction of sp³-hybridized carbons (Fsp3) is 0.300. The van der Waals surface area contributed by atoms with Crippen molar-refractivity contribution in [2.75, 3.05) is 10.2 Å². The highest BCUT2D eigenvalue weighted by Gasteiger charge is 2.30. The van der Waals surface area contributed by atoms with Gasteiger partial charge in [0.2, 0.25) is 5.28 Å². The molecule has 0 bridgehead atoms. The molecule has 0 saturated heterocycles. The van der Waals surface area contributed by atoms with E-state index in [9.17, 15) is 4.79 Å². The van der Waals surface area contributed by atoms with Gasteiger partial charge in [-0.25, -0.2) is 4.98 Å². The second-order valence-corrected chi connectivity index (χ2v) is 4.18. The molecule has 17 heavy (non-hydrogen) atoms. The van der Waals surface area contributed by atoms with Crippen LogP contribution in [-0.4, -0.2) is 21.9 Å². The number of halogens is 1. The van der Waals surface area contributed by atoms with Crippen molar-refractivity contribution in [3.05, 3.63) is 23.4 Å². The van der Waals surface area contributed by atoms with Crippen molar-refractivity contribution in [2.45, 2.75) is 19.9 Å². The Kier molecular flexibility index (Phi) is 2.89. The van der Waals surface area contributed by atoms with Crippen LogP contribution in [-0.2, 0) is 4.79 Å². The van der Waals surface area contributed by atoms with Crippen LogP contribution in [0.15, 0.2) is 18.1 Å². The van der Waals surface area contributed by atoms with Crippen molar-refractivity contribution < 1.29 is 4.79 Å². The third-order valence-electron chi connectivity index (χ3n) is 2.38. The van der Waals surface area contributed by atoms with Crippen molar-refractivity contribution in [1.29, 1.82) is 0 Å². The Morgan fingerprint density at radius 3 is 2.88 bits per heavy atom. The largest absolute Gasteiger partial charge is 0.403 e. The fourth-order valence-electron chi connectivity index (χ4n) is 1.71. The molecule has 0 unspecified atom stereocenters. The highest BCUT2D eigenvalue weighted by Crippen LogP contribution is 2.33. The molecule has 0 fully saturated rings. The molecule has 1 aliphatic heterocycles. The SMILES string of the molecule is CC(C)N1/C(=C/N)C(=O)Nc2cnc(Cl)nc21. The van der Waals surface area contributed by atoms with E-state index < -0.39 is 0 Å². The van der Waals surface area contributed by atoms with Crippen LogP contribution in [0, 0.1) is 0 Å². The molecular formula is C10H12ClN5O. The van der Waals surface area contributed by atoms with E-state index in [-0.39, 0.29) is 17.2 Å². The first kappa shape index (κ1) is 11.7. The molecule has 3 N–H and O–H groups in total. The van der Waals surface area contributed by atoms with Crippen LogP contribution in [0.25, 0.3) is 0 Å². The van der Waals surface area contributed by atoms with Crippen LogP contribution in [0.1, 0.15) is 13.8 Å². The minimum absolute atomic E-state index is 0.0283. The Morgan fingerprint density at radius 2 is 2.29 bits per heavy atom. The van der Waals surface area contributed by atoms with Crippen LogP contribution in [0.2, 0.25) is 5.28 Å².